The Kier molecular flexibility index (Phi) is 3.66. The number of aromatic nitrogens is 3. The van der Waals surface area contributed by atoms with Crippen LogP contribution in [0.3, 0.4) is 0 Å². The quantitative estimate of drug-likeness (QED) is 0.816. The van der Waals surface area contributed by atoms with Crippen LogP contribution < -0.4 is 10.1 Å². The average Bonchev–Trinajstić information content (AvgIpc) is 2.80. The molecule has 2 heterocycles. The zero-order valence-electron chi connectivity index (χ0n) is 10.7. The fourth-order valence-electron chi connectivity index (χ4n) is 1.55. The van der Waals surface area contributed by atoms with E-state index in [2.05, 4.69) is 20.3 Å². The van der Waals surface area contributed by atoms with Crippen LogP contribution in [-0.2, 0) is 4.79 Å². The third-order valence-corrected chi connectivity index (χ3v) is 2.37. The van der Waals surface area contributed by atoms with Gasteiger partial charge in [0.05, 0.1) is 12.3 Å². The Labute approximate surface area is 110 Å². The lowest BCUT2D eigenvalue weighted by molar-refractivity contribution is -0.111. The van der Waals surface area contributed by atoms with Crippen molar-refractivity contribution in [2.75, 3.05) is 11.9 Å². The van der Waals surface area contributed by atoms with E-state index in [1.54, 1.807) is 6.20 Å². The second-order valence-electron chi connectivity index (χ2n) is 4.41. The van der Waals surface area contributed by atoms with E-state index in [1.807, 2.05) is 19.8 Å². The van der Waals surface area contributed by atoms with E-state index in [-0.39, 0.29) is 0 Å². The minimum absolute atomic E-state index is 0.368. The maximum absolute atomic E-state index is 11.3. The molecule has 0 saturated heterocycles. The van der Waals surface area contributed by atoms with E-state index in [9.17, 15) is 4.79 Å². The molecule has 2 rings (SSSR count). The number of hydrogen-bond acceptors (Lipinski definition) is 4. The van der Waals surface area contributed by atoms with E-state index >= 15 is 0 Å². The number of carbonyl (C=O) groups is 1. The van der Waals surface area contributed by atoms with Crippen molar-refractivity contribution in [3.05, 3.63) is 12.5 Å². The van der Waals surface area contributed by atoms with Gasteiger partial charge in [-0.1, -0.05) is 13.8 Å². The van der Waals surface area contributed by atoms with Crippen LogP contribution in [0.1, 0.15) is 13.8 Å². The lowest BCUT2D eigenvalue weighted by Gasteiger charge is -2.09. The number of terminal acetylenes is 1. The lowest BCUT2D eigenvalue weighted by atomic mass is 10.2. The number of nitrogens with zero attached hydrogens (tertiary/aromatic N) is 2. The Balaban J connectivity index is 2.38. The molecular weight excluding hydrogens is 244 g/mol. The first kappa shape index (κ1) is 12.9. The van der Waals surface area contributed by atoms with Crippen LogP contribution >= 0.6 is 0 Å². The van der Waals surface area contributed by atoms with Gasteiger partial charge in [-0.25, -0.2) is 9.97 Å². The van der Waals surface area contributed by atoms with Gasteiger partial charge < -0.3 is 15.0 Å². The number of carbonyl (C=O) groups excluding carboxylic acids is 1. The predicted molar refractivity (Wildman–Crippen MR) is 71.7 cm³/mol. The summed E-state index contributed by atoms with van der Waals surface area (Å²) in [5.41, 5.74) is 1.10. The molecule has 0 aromatic carbocycles. The zero-order valence-corrected chi connectivity index (χ0v) is 10.7. The van der Waals surface area contributed by atoms with Crippen molar-refractivity contribution in [1.82, 2.24) is 15.0 Å². The number of anilines is 1. The topological polar surface area (TPSA) is 79.9 Å². The van der Waals surface area contributed by atoms with Crippen molar-refractivity contribution in [1.29, 1.82) is 0 Å². The van der Waals surface area contributed by atoms with Crippen LogP contribution in [-0.4, -0.2) is 27.5 Å². The smallest absolute Gasteiger partial charge is 0.300 e. The molecule has 0 bridgehead atoms. The third kappa shape index (κ3) is 2.83. The van der Waals surface area contributed by atoms with Gasteiger partial charge >= 0.3 is 0 Å². The molecule has 0 aliphatic rings. The van der Waals surface area contributed by atoms with Crippen LogP contribution in [0.5, 0.6) is 5.88 Å². The molecule has 19 heavy (non-hydrogen) atoms. The van der Waals surface area contributed by atoms with Crippen molar-refractivity contribution >= 4 is 22.6 Å². The van der Waals surface area contributed by atoms with E-state index in [0.717, 1.165) is 0 Å². The van der Waals surface area contributed by atoms with Crippen molar-refractivity contribution in [3.8, 4) is 18.2 Å². The number of ether oxygens (including phenoxy) is 1. The number of aromatic amines is 1. The average molecular weight is 258 g/mol. The number of rotatable bonds is 4. The first-order valence-corrected chi connectivity index (χ1v) is 5.84. The zero-order chi connectivity index (χ0) is 13.8. The minimum atomic E-state index is -0.528. The maximum atomic E-state index is 11.3. The second kappa shape index (κ2) is 5.40. The van der Waals surface area contributed by atoms with Crippen molar-refractivity contribution in [2.24, 2.45) is 5.92 Å². The number of nitrogens with one attached hydrogen (secondary N) is 2. The highest BCUT2D eigenvalue weighted by molar-refractivity contribution is 6.09. The van der Waals surface area contributed by atoms with Crippen molar-refractivity contribution < 1.29 is 9.53 Å². The van der Waals surface area contributed by atoms with E-state index in [0.29, 0.717) is 35.1 Å². The van der Waals surface area contributed by atoms with Crippen LogP contribution in [0.25, 0.3) is 11.0 Å². The van der Waals surface area contributed by atoms with Gasteiger partial charge in [-0.2, -0.15) is 0 Å². The standard InChI is InChI=1S/C13H14N4O2/c1-4-10(18)17-9-5-14-12-11(9)13(16-7-15-12)19-6-8(2)3/h1,5,7-8H,6H2,2-3H3,(H,17,18)(H,14,15,16). The summed E-state index contributed by atoms with van der Waals surface area (Å²) >= 11 is 0. The maximum Gasteiger partial charge on any atom is 0.300 e. The van der Waals surface area contributed by atoms with Gasteiger partial charge in [0.2, 0.25) is 5.88 Å². The van der Waals surface area contributed by atoms with E-state index < -0.39 is 5.91 Å². The van der Waals surface area contributed by atoms with Gasteiger partial charge in [-0.3, -0.25) is 4.79 Å². The molecule has 98 valence electrons. The van der Waals surface area contributed by atoms with Gasteiger partial charge in [0, 0.05) is 6.20 Å². The summed E-state index contributed by atoms with van der Waals surface area (Å²) < 4.78 is 5.62. The molecule has 6 nitrogen and oxygen atoms in total. The summed E-state index contributed by atoms with van der Waals surface area (Å²) in [6.45, 7) is 4.60. The molecule has 1 amide bonds. The Hall–Kier alpha value is -2.55. The van der Waals surface area contributed by atoms with Crippen LogP contribution in [0.2, 0.25) is 0 Å². The van der Waals surface area contributed by atoms with Gasteiger partial charge in [0.15, 0.2) is 0 Å². The van der Waals surface area contributed by atoms with E-state index in [1.165, 1.54) is 6.33 Å². The fourth-order valence-corrected chi connectivity index (χ4v) is 1.55. The minimum Gasteiger partial charge on any atom is -0.477 e. The highest BCUT2D eigenvalue weighted by Gasteiger charge is 2.14. The summed E-state index contributed by atoms with van der Waals surface area (Å²) in [6, 6.07) is 0. The fraction of sp³-hybridized carbons (Fsp3) is 0.308. The van der Waals surface area contributed by atoms with Crippen LogP contribution in [0.15, 0.2) is 12.5 Å². The second-order valence-corrected chi connectivity index (χ2v) is 4.41. The predicted octanol–water partition coefficient (Wildman–Crippen LogP) is 1.56. The molecule has 0 radical (unpaired) electrons. The molecule has 0 atom stereocenters. The summed E-state index contributed by atoms with van der Waals surface area (Å²) in [7, 11) is 0. The van der Waals surface area contributed by atoms with Crippen molar-refractivity contribution in [2.45, 2.75) is 13.8 Å². The summed E-state index contributed by atoms with van der Waals surface area (Å²) in [6.07, 6.45) is 8.05. The summed E-state index contributed by atoms with van der Waals surface area (Å²) in [5, 5.41) is 3.19. The third-order valence-electron chi connectivity index (χ3n) is 2.37. The molecule has 0 aliphatic heterocycles. The first-order valence-electron chi connectivity index (χ1n) is 5.84. The van der Waals surface area contributed by atoms with Crippen molar-refractivity contribution in [3.63, 3.8) is 0 Å². The molecule has 0 spiro atoms. The largest absolute Gasteiger partial charge is 0.477 e. The highest BCUT2D eigenvalue weighted by Crippen LogP contribution is 2.29. The van der Waals surface area contributed by atoms with Gasteiger partial charge in [-0.05, 0) is 11.8 Å². The Morgan fingerprint density at radius 2 is 2.37 bits per heavy atom. The summed E-state index contributed by atoms with van der Waals surface area (Å²) in [4.78, 5) is 22.4. The van der Waals surface area contributed by atoms with Gasteiger partial charge in [0.1, 0.15) is 17.4 Å². The molecule has 0 unspecified atom stereocenters. The molecule has 0 aliphatic carbocycles. The monoisotopic (exact) mass is 258 g/mol. The molecule has 0 saturated carbocycles. The normalized spacial score (nSPS) is 10.4. The highest BCUT2D eigenvalue weighted by atomic mass is 16.5. The molecule has 2 aromatic heterocycles. The number of fused-ring (bicyclic) bond motifs is 1. The molecule has 2 aromatic rings. The Bertz CT molecular complexity index is 640. The number of H-pyrrole nitrogens is 1. The molecule has 2 N–H and O–H groups in total. The van der Waals surface area contributed by atoms with E-state index in [4.69, 9.17) is 11.2 Å². The first-order chi connectivity index (χ1) is 9.11. The number of hydrogen-bond donors (Lipinski definition) is 2. The van der Waals surface area contributed by atoms with Crippen LogP contribution in [0, 0.1) is 18.3 Å². The molecule has 6 heteroatoms. The Morgan fingerprint density at radius 1 is 1.58 bits per heavy atom. The number of amides is 1. The van der Waals surface area contributed by atoms with Crippen LogP contribution in [0.4, 0.5) is 5.69 Å². The lowest BCUT2D eigenvalue weighted by Crippen LogP contribution is -2.09. The SMILES string of the molecule is C#CC(=O)Nc1c[nH]c2ncnc(OCC(C)C)c12. The molecule has 0 fully saturated rings. The Morgan fingerprint density at radius 3 is 3.05 bits per heavy atom. The molecular formula is C13H14N4O2. The van der Waals surface area contributed by atoms with Gasteiger partial charge in [-0.15, -0.1) is 6.42 Å². The van der Waals surface area contributed by atoms with Gasteiger partial charge in [0.25, 0.3) is 5.91 Å². The summed E-state index contributed by atoms with van der Waals surface area (Å²) in [5.74, 6) is 2.26.